The maximum atomic E-state index is 13.7. The average Bonchev–Trinajstić information content (AvgIpc) is 2.32. The third-order valence-corrected chi connectivity index (χ3v) is 3.33. The standard InChI is InChI=1S/C12H9BrClFN2O/c1-7-16-5-10(13)12(18)17(7)6-8-2-3-9(14)4-11(8)15/h2-5H,6H2,1H3. The fourth-order valence-electron chi connectivity index (χ4n) is 1.56. The molecular formula is C12H9BrClFN2O. The molecule has 0 aliphatic carbocycles. The molecule has 0 fully saturated rings. The van der Waals surface area contributed by atoms with Crippen LogP contribution in [0, 0.1) is 12.7 Å². The van der Waals surface area contributed by atoms with Crippen molar-refractivity contribution in [3.05, 3.63) is 61.5 Å². The number of halogens is 3. The van der Waals surface area contributed by atoms with E-state index in [1.165, 1.54) is 16.8 Å². The summed E-state index contributed by atoms with van der Waals surface area (Å²) >= 11 is 8.79. The molecule has 18 heavy (non-hydrogen) atoms. The van der Waals surface area contributed by atoms with Crippen LogP contribution in [0.1, 0.15) is 11.4 Å². The van der Waals surface area contributed by atoms with Gasteiger partial charge in [0.2, 0.25) is 0 Å². The number of aryl methyl sites for hydroxylation is 1. The van der Waals surface area contributed by atoms with E-state index in [0.717, 1.165) is 0 Å². The first-order valence-corrected chi connectivity index (χ1v) is 6.32. The van der Waals surface area contributed by atoms with E-state index in [1.807, 2.05) is 0 Å². The van der Waals surface area contributed by atoms with E-state index in [0.29, 0.717) is 20.9 Å². The summed E-state index contributed by atoms with van der Waals surface area (Å²) in [5.74, 6) is 0.0892. The first kappa shape index (κ1) is 13.2. The molecule has 0 atom stereocenters. The van der Waals surface area contributed by atoms with Crippen LogP contribution in [0.3, 0.4) is 0 Å². The Morgan fingerprint density at radius 3 is 2.89 bits per heavy atom. The third-order valence-electron chi connectivity index (χ3n) is 2.55. The Bertz CT molecular complexity index is 657. The maximum absolute atomic E-state index is 13.7. The summed E-state index contributed by atoms with van der Waals surface area (Å²) < 4.78 is 15.4. The van der Waals surface area contributed by atoms with E-state index in [2.05, 4.69) is 20.9 Å². The highest BCUT2D eigenvalue weighted by atomic mass is 79.9. The SMILES string of the molecule is Cc1ncc(Br)c(=O)n1Cc1ccc(Cl)cc1F. The third kappa shape index (κ3) is 2.62. The summed E-state index contributed by atoms with van der Waals surface area (Å²) in [4.78, 5) is 16.0. The molecule has 3 nitrogen and oxygen atoms in total. The Balaban J connectivity index is 2.46. The highest BCUT2D eigenvalue weighted by Gasteiger charge is 2.09. The van der Waals surface area contributed by atoms with Crippen LogP contribution in [0.15, 0.2) is 33.7 Å². The van der Waals surface area contributed by atoms with Crippen LogP contribution in [0.25, 0.3) is 0 Å². The predicted octanol–water partition coefficient (Wildman–Crippen LogP) is 3.16. The van der Waals surface area contributed by atoms with Crippen molar-refractivity contribution in [2.75, 3.05) is 0 Å². The second-order valence-electron chi connectivity index (χ2n) is 3.78. The lowest BCUT2D eigenvalue weighted by Crippen LogP contribution is -2.24. The first-order chi connectivity index (χ1) is 8.49. The molecule has 0 N–H and O–H groups in total. The zero-order chi connectivity index (χ0) is 13.3. The van der Waals surface area contributed by atoms with E-state index >= 15 is 0 Å². The van der Waals surface area contributed by atoms with E-state index in [4.69, 9.17) is 11.6 Å². The Hall–Kier alpha value is -1.20. The monoisotopic (exact) mass is 330 g/mol. The summed E-state index contributed by atoms with van der Waals surface area (Å²) in [6, 6.07) is 4.37. The Labute approximate surface area is 116 Å². The summed E-state index contributed by atoms with van der Waals surface area (Å²) in [5.41, 5.74) is 0.154. The molecular weight excluding hydrogens is 322 g/mol. The number of hydrogen-bond acceptors (Lipinski definition) is 2. The average molecular weight is 332 g/mol. The Kier molecular flexibility index (Phi) is 3.82. The minimum Gasteiger partial charge on any atom is -0.291 e. The second-order valence-corrected chi connectivity index (χ2v) is 5.07. The van der Waals surface area contributed by atoms with Gasteiger partial charge >= 0.3 is 0 Å². The van der Waals surface area contributed by atoms with E-state index in [-0.39, 0.29) is 12.1 Å². The molecule has 94 valence electrons. The molecule has 2 aromatic rings. The smallest absolute Gasteiger partial charge is 0.268 e. The van der Waals surface area contributed by atoms with Crippen LogP contribution >= 0.6 is 27.5 Å². The predicted molar refractivity (Wildman–Crippen MR) is 71.4 cm³/mol. The lowest BCUT2D eigenvalue weighted by Gasteiger charge is -2.10. The number of nitrogens with zero attached hydrogens (tertiary/aromatic N) is 2. The molecule has 0 radical (unpaired) electrons. The van der Waals surface area contributed by atoms with E-state index in [9.17, 15) is 9.18 Å². The number of rotatable bonds is 2. The topological polar surface area (TPSA) is 34.9 Å². The number of benzene rings is 1. The van der Waals surface area contributed by atoms with Gasteiger partial charge in [0.1, 0.15) is 16.1 Å². The van der Waals surface area contributed by atoms with Gasteiger partial charge < -0.3 is 0 Å². The van der Waals surface area contributed by atoms with Crippen LogP contribution < -0.4 is 5.56 Å². The lowest BCUT2D eigenvalue weighted by molar-refractivity contribution is 0.589. The molecule has 0 aliphatic rings. The van der Waals surface area contributed by atoms with Gasteiger partial charge in [0, 0.05) is 16.8 Å². The van der Waals surface area contributed by atoms with Crippen molar-refractivity contribution in [3.63, 3.8) is 0 Å². The van der Waals surface area contributed by atoms with Gasteiger partial charge in [-0.2, -0.15) is 0 Å². The van der Waals surface area contributed by atoms with Gasteiger partial charge in [-0.05, 0) is 35.0 Å². The molecule has 6 heteroatoms. The Morgan fingerprint density at radius 2 is 2.22 bits per heavy atom. The molecule has 0 bridgehead atoms. The summed E-state index contributed by atoms with van der Waals surface area (Å²) in [6.07, 6.45) is 1.44. The molecule has 0 unspecified atom stereocenters. The first-order valence-electron chi connectivity index (χ1n) is 5.15. The molecule has 0 amide bonds. The highest BCUT2D eigenvalue weighted by Crippen LogP contribution is 2.15. The van der Waals surface area contributed by atoms with Crippen LogP contribution in [-0.2, 0) is 6.54 Å². The normalized spacial score (nSPS) is 10.7. The molecule has 0 spiro atoms. The van der Waals surface area contributed by atoms with Crippen LogP contribution in [0.4, 0.5) is 4.39 Å². The zero-order valence-electron chi connectivity index (χ0n) is 9.45. The van der Waals surface area contributed by atoms with Crippen molar-refractivity contribution in [2.45, 2.75) is 13.5 Å². The largest absolute Gasteiger partial charge is 0.291 e. The van der Waals surface area contributed by atoms with Gasteiger partial charge in [-0.1, -0.05) is 17.7 Å². The molecule has 2 rings (SSSR count). The molecule has 1 aromatic heterocycles. The molecule has 0 aliphatic heterocycles. The highest BCUT2D eigenvalue weighted by molar-refractivity contribution is 9.10. The van der Waals surface area contributed by atoms with Gasteiger partial charge in [0.05, 0.1) is 6.54 Å². The zero-order valence-corrected chi connectivity index (χ0v) is 11.8. The fraction of sp³-hybridized carbons (Fsp3) is 0.167. The summed E-state index contributed by atoms with van der Waals surface area (Å²) in [7, 11) is 0. The van der Waals surface area contributed by atoms with Crippen molar-refractivity contribution in [1.29, 1.82) is 0 Å². The van der Waals surface area contributed by atoms with E-state index < -0.39 is 5.82 Å². The fourth-order valence-corrected chi connectivity index (χ4v) is 2.03. The second kappa shape index (κ2) is 5.20. The van der Waals surface area contributed by atoms with Gasteiger partial charge in [-0.25, -0.2) is 9.37 Å². The minimum atomic E-state index is -0.436. The summed E-state index contributed by atoms with van der Waals surface area (Å²) in [5, 5.41) is 0.327. The van der Waals surface area contributed by atoms with Crippen molar-refractivity contribution < 1.29 is 4.39 Å². The number of aromatic nitrogens is 2. The number of hydrogen-bond donors (Lipinski definition) is 0. The van der Waals surface area contributed by atoms with Gasteiger partial charge in [0.25, 0.3) is 5.56 Å². The van der Waals surface area contributed by atoms with Crippen LogP contribution in [0.5, 0.6) is 0 Å². The molecule has 0 saturated carbocycles. The quantitative estimate of drug-likeness (QED) is 0.847. The van der Waals surface area contributed by atoms with Crippen LogP contribution in [-0.4, -0.2) is 9.55 Å². The van der Waals surface area contributed by atoms with Crippen molar-refractivity contribution >= 4 is 27.5 Å². The molecule has 0 saturated heterocycles. The van der Waals surface area contributed by atoms with Crippen LogP contribution in [0.2, 0.25) is 5.02 Å². The van der Waals surface area contributed by atoms with Gasteiger partial charge in [-0.3, -0.25) is 9.36 Å². The van der Waals surface area contributed by atoms with Gasteiger partial charge in [0.15, 0.2) is 0 Å². The van der Waals surface area contributed by atoms with Gasteiger partial charge in [-0.15, -0.1) is 0 Å². The van der Waals surface area contributed by atoms with E-state index in [1.54, 1.807) is 19.1 Å². The summed E-state index contributed by atoms with van der Waals surface area (Å²) in [6.45, 7) is 1.82. The Morgan fingerprint density at radius 1 is 1.50 bits per heavy atom. The lowest BCUT2D eigenvalue weighted by atomic mass is 10.2. The van der Waals surface area contributed by atoms with Crippen molar-refractivity contribution in [1.82, 2.24) is 9.55 Å². The van der Waals surface area contributed by atoms with Crippen molar-refractivity contribution in [2.24, 2.45) is 0 Å². The minimum absolute atomic E-state index is 0.125. The molecule has 1 heterocycles. The van der Waals surface area contributed by atoms with Crippen molar-refractivity contribution in [3.8, 4) is 0 Å². The maximum Gasteiger partial charge on any atom is 0.268 e. The molecule has 1 aromatic carbocycles.